The number of carbonyl (C=O) groups excluding carboxylic acids is 2. The number of Topliss-reactive ketones (excluding diaryl/α,β-unsaturated/α-hetero) is 1. The summed E-state index contributed by atoms with van der Waals surface area (Å²) in [6.45, 7) is 1.05. The summed E-state index contributed by atoms with van der Waals surface area (Å²) in [6, 6.07) is 0.326. The Bertz CT molecular complexity index is 227. The van der Waals surface area contributed by atoms with Crippen molar-refractivity contribution in [1.29, 1.82) is 0 Å². The fraction of sp³-hybridized carbons (Fsp3) is 0.800. The number of methoxy groups -OCH3 is 1. The first-order valence-corrected chi connectivity index (χ1v) is 4.92. The van der Waals surface area contributed by atoms with Gasteiger partial charge in [-0.05, 0) is 26.4 Å². The molecule has 0 aliphatic carbocycles. The smallest absolute Gasteiger partial charge is 0.313 e. The van der Waals surface area contributed by atoms with Crippen molar-refractivity contribution in [3.05, 3.63) is 0 Å². The molecule has 0 aromatic carbocycles. The Morgan fingerprint density at radius 2 is 2.21 bits per heavy atom. The normalized spacial score (nSPS) is 22.3. The lowest BCUT2D eigenvalue weighted by Crippen LogP contribution is -2.28. The Morgan fingerprint density at radius 3 is 2.71 bits per heavy atom. The lowest BCUT2D eigenvalue weighted by atomic mass is 10.1. The second-order valence-corrected chi connectivity index (χ2v) is 3.77. The van der Waals surface area contributed by atoms with Crippen LogP contribution in [-0.2, 0) is 14.3 Å². The van der Waals surface area contributed by atoms with E-state index in [1.165, 1.54) is 7.11 Å². The van der Waals surface area contributed by atoms with E-state index in [9.17, 15) is 9.59 Å². The predicted octanol–water partition coefficient (Wildman–Crippen LogP) is 0.603. The molecule has 0 bridgehead atoms. The topological polar surface area (TPSA) is 46.6 Å². The van der Waals surface area contributed by atoms with Crippen molar-refractivity contribution in [2.45, 2.75) is 31.7 Å². The lowest BCUT2D eigenvalue weighted by Gasteiger charge is -2.17. The molecule has 0 aromatic heterocycles. The molecule has 80 valence electrons. The van der Waals surface area contributed by atoms with Gasteiger partial charge in [0.05, 0.1) is 7.11 Å². The van der Waals surface area contributed by atoms with Gasteiger partial charge in [0.1, 0.15) is 12.2 Å². The maximum absolute atomic E-state index is 11.4. The highest BCUT2D eigenvalue weighted by molar-refractivity contribution is 5.95. The quantitative estimate of drug-likeness (QED) is 0.491. The van der Waals surface area contributed by atoms with E-state index in [-0.39, 0.29) is 12.2 Å². The Morgan fingerprint density at radius 1 is 1.50 bits per heavy atom. The Kier molecular flexibility index (Phi) is 4.07. The molecule has 0 radical (unpaired) electrons. The van der Waals surface area contributed by atoms with Gasteiger partial charge in [-0.1, -0.05) is 0 Å². The molecule has 0 N–H and O–H groups in total. The number of likely N-dealkylation sites (tertiary alicyclic amines) is 1. The van der Waals surface area contributed by atoms with E-state index in [1.54, 1.807) is 0 Å². The third kappa shape index (κ3) is 3.10. The molecule has 1 aliphatic heterocycles. The molecule has 14 heavy (non-hydrogen) atoms. The molecule has 0 spiro atoms. The van der Waals surface area contributed by atoms with Crippen molar-refractivity contribution in [1.82, 2.24) is 4.90 Å². The van der Waals surface area contributed by atoms with E-state index in [2.05, 4.69) is 9.64 Å². The third-order valence-electron chi connectivity index (χ3n) is 2.70. The summed E-state index contributed by atoms with van der Waals surface area (Å²) in [4.78, 5) is 24.4. The molecule has 0 saturated carbocycles. The van der Waals surface area contributed by atoms with Gasteiger partial charge in [0.25, 0.3) is 0 Å². The molecule has 1 fully saturated rings. The van der Waals surface area contributed by atoms with E-state index in [0.717, 1.165) is 19.4 Å². The summed E-state index contributed by atoms with van der Waals surface area (Å²) < 4.78 is 4.44. The van der Waals surface area contributed by atoms with Gasteiger partial charge in [-0.2, -0.15) is 0 Å². The summed E-state index contributed by atoms with van der Waals surface area (Å²) in [5.74, 6) is -0.453. The van der Waals surface area contributed by atoms with Gasteiger partial charge in [0.15, 0.2) is 0 Å². The Hall–Kier alpha value is -0.900. The maximum atomic E-state index is 11.4. The summed E-state index contributed by atoms with van der Waals surface area (Å²) in [6.07, 6.45) is 2.60. The van der Waals surface area contributed by atoms with E-state index in [4.69, 9.17) is 0 Å². The van der Waals surface area contributed by atoms with Gasteiger partial charge >= 0.3 is 5.97 Å². The third-order valence-corrected chi connectivity index (χ3v) is 2.70. The first-order chi connectivity index (χ1) is 6.63. The largest absolute Gasteiger partial charge is 0.469 e. The maximum Gasteiger partial charge on any atom is 0.313 e. The zero-order valence-corrected chi connectivity index (χ0v) is 8.78. The van der Waals surface area contributed by atoms with Crippen molar-refractivity contribution in [3.8, 4) is 0 Å². The number of hydrogen-bond donors (Lipinski definition) is 0. The predicted molar refractivity (Wildman–Crippen MR) is 51.9 cm³/mol. The monoisotopic (exact) mass is 199 g/mol. The van der Waals surface area contributed by atoms with Crippen LogP contribution in [-0.4, -0.2) is 43.4 Å². The highest BCUT2D eigenvalue weighted by Crippen LogP contribution is 2.18. The molecule has 1 aliphatic rings. The first kappa shape index (κ1) is 11.2. The van der Waals surface area contributed by atoms with Crippen LogP contribution in [0.15, 0.2) is 0 Å². The van der Waals surface area contributed by atoms with Crippen LogP contribution in [0.4, 0.5) is 0 Å². The number of rotatable bonds is 4. The summed E-state index contributed by atoms with van der Waals surface area (Å²) in [5, 5.41) is 0. The minimum absolute atomic E-state index is 0.0180. The molecular formula is C10H17NO3. The van der Waals surface area contributed by atoms with Crippen molar-refractivity contribution < 1.29 is 14.3 Å². The minimum atomic E-state index is -0.435. The SMILES string of the molecule is COC(=O)CC(=O)CC1CCCN1C. The molecule has 1 atom stereocenters. The van der Waals surface area contributed by atoms with Gasteiger partial charge < -0.3 is 9.64 Å². The minimum Gasteiger partial charge on any atom is -0.469 e. The van der Waals surface area contributed by atoms with E-state index < -0.39 is 5.97 Å². The zero-order chi connectivity index (χ0) is 10.6. The Labute approximate surface area is 84.2 Å². The molecule has 1 rings (SSSR count). The van der Waals surface area contributed by atoms with Crippen LogP contribution in [0.2, 0.25) is 0 Å². The van der Waals surface area contributed by atoms with Crippen LogP contribution in [0.1, 0.15) is 25.7 Å². The lowest BCUT2D eigenvalue weighted by molar-refractivity contribution is -0.143. The van der Waals surface area contributed by atoms with Crippen molar-refractivity contribution >= 4 is 11.8 Å². The number of ether oxygens (including phenoxy) is 1. The van der Waals surface area contributed by atoms with Crippen molar-refractivity contribution in [2.24, 2.45) is 0 Å². The van der Waals surface area contributed by atoms with Crippen LogP contribution in [0.25, 0.3) is 0 Å². The van der Waals surface area contributed by atoms with Crippen LogP contribution >= 0.6 is 0 Å². The highest BCUT2D eigenvalue weighted by atomic mass is 16.5. The van der Waals surface area contributed by atoms with E-state index in [1.807, 2.05) is 7.05 Å². The molecule has 0 amide bonds. The van der Waals surface area contributed by atoms with Gasteiger partial charge in [-0.3, -0.25) is 9.59 Å². The van der Waals surface area contributed by atoms with Gasteiger partial charge in [0, 0.05) is 12.5 Å². The number of hydrogen-bond acceptors (Lipinski definition) is 4. The molecule has 0 aromatic rings. The van der Waals surface area contributed by atoms with Crippen molar-refractivity contribution in [2.75, 3.05) is 20.7 Å². The number of carbonyl (C=O) groups is 2. The standard InChI is InChI=1S/C10H17NO3/c1-11-5-3-4-8(11)6-9(12)7-10(13)14-2/h8H,3-7H2,1-2H3. The van der Waals surface area contributed by atoms with Gasteiger partial charge in [0.2, 0.25) is 0 Å². The van der Waals surface area contributed by atoms with Gasteiger partial charge in [-0.25, -0.2) is 0 Å². The van der Waals surface area contributed by atoms with Crippen LogP contribution in [0.5, 0.6) is 0 Å². The van der Waals surface area contributed by atoms with Gasteiger partial charge in [-0.15, -0.1) is 0 Å². The number of nitrogens with zero attached hydrogens (tertiary/aromatic N) is 1. The van der Waals surface area contributed by atoms with E-state index in [0.29, 0.717) is 12.5 Å². The average molecular weight is 199 g/mol. The molecule has 1 unspecified atom stereocenters. The Balaban J connectivity index is 2.29. The molecule has 1 heterocycles. The summed E-state index contributed by atoms with van der Waals surface area (Å²) in [5.41, 5.74) is 0. The zero-order valence-electron chi connectivity index (χ0n) is 8.78. The highest BCUT2D eigenvalue weighted by Gasteiger charge is 2.24. The fourth-order valence-corrected chi connectivity index (χ4v) is 1.81. The molecule has 4 nitrogen and oxygen atoms in total. The second-order valence-electron chi connectivity index (χ2n) is 3.77. The first-order valence-electron chi connectivity index (χ1n) is 4.92. The number of ketones is 1. The van der Waals surface area contributed by atoms with Crippen LogP contribution in [0, 0.1) is 0 Å². The second kappa shape index (κ2) is 5.10. The van der Waals surface area contributed by atoms with Crippen LogP contribution in [0.3, 0.4) is 0 Å². The average Bonchev–Trinajstić information content (AvgIpc) is 2.51. The van der Waals surface area contributed by atoms with Crippen LogP contribution < -0.4 is 0 Å². The number of esters is 1. The molecule has 1 saturated heterocycles. The van der Waals surface area contributed by atoms with E-state index >= 15 is 0 Å². The molecular weight excluding hydrogens is 182 g/mol. The fourth-order valence-electron chi connectivity index (χ4n) is 1.81. The molecule has 4 heteroatoms. The van der Waals surface area contributed by atoms with Crippen molar-refractivity contribution in [3.63, 3.8) is 0 Å². The summed E-state index contributed by atoms with van der Waals surface area (Å²) in [7, 11) is 3.32. The summed E-state index contributed by atoms with van der Waals surface area (Å²) >= 11 is 0.